The van der Waals surface area contributed by atoms with Gasteiger partial charge < -0.3 is 10.5 Å². The van der Waals surface area contributed by atoms with Crippen molar-refractivity contribution in [1.82, 2.24) is 0 Å². The van der Waals surface area contributed by atoms with E-state index in [4.69, 9.17) is 5.73 Å². The maximum atomic E-state index is 12.1. The maximum absolute atomic E-state index is 12.1. The summed E-state index contributed by atoms with van der Waals surface area (Å²) in [6, 6.07) is -2.23. The van der Waals surface area contributed by atoms with E-state index in [0.717, 1.165) is 0 Å². The third-order valence-electron chi connectivity index (χ3n) is 1.73. The van der Waals surface area contributed by atoms with Gasteiger partial charge in [0.15, 0.2) is 0 Å². The highest BCUT2D eigenvalue weighted by atomic mass is 79.9. The van der Waals surface area contributed by atoms with Gasteiger partial charge in [0.05, 0.1) is 0 Å². The molecule has 82 valence electrons. The van der Waals surface area contributed by atoms with Gasteiger partial charge in [-0.3, -0.25) is 4.79 Å². The molecule has 2 N–H and O–H groups in total. The summed E-state index contributed by atoms with van der Waals surface area (Å²) in [6.45, 7) is 0. The number of esters is 1. The summed E-state index contributed by atoms with van der Waals surface area (Å²) in [5.41, 5.74) is 4.82. The van der Waals surface area contributed by atoms with Crippen LogP contribution in [0.3, 0.4) is 0 Å². The Morgan fingerprint density at radius 2 is 2.00 bits per heavy atom. The predicted octanol–water partition coefficient (Wildman–Crippen LogP) is 1.35. The number of hydrogen-bond acceptors (Lipinski definition) is 3. The van der Waals surface area contributed by atoms with Crippen molar-refractivity contribution in [2.24, 2.45) is 5.73 Å². The first kappa shape index (κ1) is 11.8. The molecule has 1 aliphatic carbocycles. The van der Waals surface area contributed by atoms with Gasteiger partial charge in [0.2, 0.25) is 0 Å². The molecule has 0 aromatic carbocycles. The zero-order valence-electron chi connectivity index (χ0n) is 7.05. The topological polar surface area (TPSA) is 52.3 Å². The highest BCUT2D eigenvalue weighted by Gasteiger charge is 2.45. The van der Waals surface area contributed by atoms with Gasteiger partial charge in [-0.2, -0.15) is 13.2 Å². The maximum Gasteiger partial charge on any atom is 0.405 e. The first-order valence-electron chi connectivity index (χ1n) is 3.99. The summed E-state index contributed by atoms with van der Waals surface area (Å²) in [4.78, 5) is 9.51. The summed E-state index contributed by atoms with van der Waals surface area (Å²) < 4.78 is 40.8. The molecule has 14 heavy (non-hydrogen) atoms. The molecule has 0 radical (unpaired) electrons. The van der Waals surface area contributed by atoms with E-state index < -0.39 is 23.0 Å². The molecule has 1 rings (SSSR count). The number of nitrogens with two attached hydrogens (primary N) is 1. The van der Waals surface area contributed by atoms with Crippen molar-refractivity contribution in [2.75, 3.05) is 0 Å². The van der Waals surface area contributed by atoms with Crippen LogP contribution in [0.2, 0.25) is 0 Å². The quantitative estimate of drug-likeness (QED) is 0.625. The van der Waals surface area contributed by atoms with Gasteiger partial charge in [-0.05, 0) is 12.8 Å². The standard InChI is InChI=1S/C7H9BrF3NO2/c8-4(5(12)7(9,10)11)6(13)14-3-1-2-3/h3-5H,1-2,12H2/t4-,5+/m1/s1. The average Bonchev–Trinajstić information content (AvgIpc) is 2.83. The van der Waals surface area contributed by atoms with Crippen LogP contribution < -0.4 is 5.73 Å². The van der Waals surface area contributed by atoms with Gasteiger partial charge in [0.25, 0.3) is 0 Å². The number of rotatable bonds is 3. The highest BCUT2D eigenvalue weighted by molar-refractivity contribution is 9.10. The predicted molar refractivity (Wildman–Crippen MR) is 45.9 cm³/mol. The van der Waals surface area contributed by atoms with Crippen LogP contribution in [0.25, 0.3) is 0 Å². The highest BCUT2D eigenvalue weighted by Crippen LogP contribution is 2.28. The SMILES string of the molecule is N[C@@H]([C@@H](Br)C(=O)OC1CC1)C(F)(F)F. The summed E-state index contributed by atoms with van der Waals surface area (Å²) in [6.07, 6.45) is -3.39. The lowest BCUT2D eigenvalue weighted by Crippen LogP contribution is -2.48. The third kappa shape index (κ3) is 3.13. The molecule has 0 aromatic heterocycles. The van der Waals surface area contributed by atoms with Crippen molar-refractivity contribution in [3.63, 3.8) is 0 Å². The fourth-order valence-corrected chi connectivity index (χ4v) is 1.14. The molecule has 3 nitrogen and oxygen atoms in total. The van der Waals surface area contributed by atoms with E-state index in [9.17, 15) is 18.0 Å². The first-order chi connectivity index (χ1) is 6.32. The van der Waals surface area contributed by atoms with Crippen molar-refractivity contribution in [3.05, 3.63) is 0 Å². The zero-order chi connectivity index (χ0) is 10.9. The Balaban J connectivity index is 2.45. The van der Waals surface area contributed by atoms with Gasteiger partial charge in [-0.1, -0.05) is 15.9 Å². The van der Waals surface area contributed by atoms with Gasteiger partial charge in [-0.25, -0.2) is 0 Å². The van der Waals surface area contributed by atoms with Gasteiger partial charge in [0.1, 0.15) is 17.0 Å². The van der Waals surface area contributed by atoms with Gasteiger partial charge in [0, 0.05) is 0 Å². The second kappa shape index (κ2) is 4.06. The molecule has 1 aliphatic rings. The van der Waals surface area contributed by atoms with Crippen LogP contribution in [0.4, 0.5) is 13.2 Å². The minimum Gasteiger partial charge on any atom is -0.461 e. The molecule has 0 aromatic rings. The Hall–Kier alpha value is -0.300. The Bertz CT molecular complexity index is 229. The van der Waals surface area contributed by atoms with E-state index in [2.05, 4.69) is 20.7 Å². The van der Waals surface area contributed by atoms with E-state index in [-0.39, 0.29) is 6.10 Å². The molecule has 0 unspecified atom stereocenters. The normalized spacial score (nSPS) is 21.5. The summed E-state index contributed by atoms with van der Waals surface area (Å²) in [5.74, 6) is -0.947. The van der Waals surface area contributed by atoms with Crippen LogP contribution in [-0.2, 0) is 9.53 Å². The van der Waals surface area contributed by atoms with Gasteiger partial charge >= 0.3 is 12.1 Å². The van der Waals surface area contributed by atoms with E-state index in [0.29, 0.717) is 12.8 Å². The Labute approximate surface area is 86.9 Å². The Morgan fingerprint density at radius 1 is 1.50 bits per heavy atom. The molecular weight excluding hydrogens is 267 g/mol. The summed E-state index contributed by atoms with van der Waals surface area (Å²) in [7, 11) is 0. The van der Waals surface area contributed by atoms with E-state index in [1.165, 1.54) is 0 Å². The van der Waals surface area contributed by atoms with E-state index in [1.807, 2.05) is 0 Å². The lowest BCUT2D eigenvalue weighted by molar-refractivity contribution is -0.162. The fourth-order valence-electron chi connectivity index (χ4n) is 0.728. The van der Waals surface area contributed by atoms with Crippen LogP contribution in [0.15, 0.2) is 0 Å². The van der Waals surface area contributed by atoms with Crippen LogP contribution in [0, 0.1) is 0 Å². The van der Waals surface area contributed by atoms with Crippen LogP contribution in [-0.4, -0.2) is 29.1 Å². The lowest BCUT2D eigenvalue weighted by atomic mass is 10.2. The summed E-state index contributed by atoms with van der Waals surface area (Å²) in [5, 5.41) is 0. The van der Waals surface area contributed by atoms with E-state index >= 15 is 0 Å². The molecule has 0 heterocycles. The number of ether oxygens (including phenoxy) is 1. The number of alkyl halides is 4. The molecule has 0 bridgehead atoms. The van der Waals surface area contributed by atoms with Crippen molar-refractivity contribution < 1.29 is 22.7 Å². The molecule has 7 heteroatoms. The van der Waals surface area contributed by atoms with Crippen molar-refractivity contribution >= 4 is 21.9 Å². The molecule has 1 fully saturated rings. The average molecular weight is 276 g/mol. The molecular formula is C7H9BrF3NO2. The number of halogens is 4. The van der Waals surface area contributed by atoms with Gasteiger partial charge in [-0.15, -0.1) is 0 Å². The number of carbonyl (C=O) groups excluding carboxylic acids is 1. The van der Waals surface area contributed by atoms with Crippen LogP contribution in [0.1, 0.15) is 12.8 Å². The molecule has 0 aliphatic heterocycles. The molecule has 1 saturated carbocycles. The molecule has 0 amide bonds. The minimum absolute atomic E-state index is 0.219. The summed E-state index contributed by atoms with van der Waals surface area (Å²) >= 11 is 2.58. The molecule has 0 spiro atoms. The molecule has 2 atom stereocenters. The first-order valence-corrected chi connectivity index (χ1v) is 4.91. The van der Waals surface area contributed by atoms with Crippen molar-refractivity contribution in [2.45, 2.75) is 36.0 Å². The lowest BCUT2D eigenvalue weighted by Gasteiger charge is -2.19. The minimum atomic E-state index is -4.60. The fraction of sp³-hybridized carbons (Fsp3) is 0.857. The monoisotopic (exact) mass is 275 g/mol. The van der Waals surface area contributed by atoms with Crippen molar-refractivity contribution in [3.8, 4) is 0 Å². The third-order valence-corrected chi connectivity index (χ3v) is 2.67. The Morgan fingerprint density at radius 3 is 2.36 bits per heavy atom. The second-order valence-electron chi connectivity index (χ2n) is 3.11. The van der Waals surface area contributed by atoms with Crippen molar-refractivity contribution in [1.29, 1.82) is 0 Å². The number of hydrogen-bond donors (Lipinski definition) is 1. The van der Waals surface area contributed by atoms with Crippen LogP contribution in [0.5, 0.6) is 0 Å². The second-order valence-corrected chi connectivity index (χ2v) is 4.09. The Kier molecular flexibility index (Phi) is 3.41. The molecule has 0 saturated heterocycles. The van der Waals surface area contributed by atoms with E-state index in [1.54, 1.807) is 0 Å². The smallest absolute Gasteiger partial charge is 0.405 e. The number of carbonyl (C=O) groups is 1. The van der Waals surface area contributed by atoms with Crippen LogP contribution >= 0.6 is 15.9 Å². The largest absolute Gasteiger partial charge is 0.461 e. The zero-order valence-corrected chi connectivity index (χ0v) is 8.64.